The largest absolute Gasteiger partial charge is 0.492 e. The van der Waals surface area contributed by atoms with Crippen LogP contribution >= 0.6 is 11.3 Å². The third-order valence-corrected chi connectivity index (χ3v) is 4.28. The molecule has 22 heavy (non-hydrogen) atoms. The Labute approximate surface area is 134 Å². The fourth-order valence-electron chi connectivity index (χ4n) is 2.24. The molecule has 2 rings (SSSR count). The second kappa shape index (κ2) is 7.94. The highest BCUT2D eigenvalue weighted by Crippen LogP contribution is 2.27. The first-order valence-corrected chi connectivity index (χ1v) is 8.46. The average molecular weight is 318 g/mol. The molecule has 1 amide bonds. The van der Waals surface area contributed by atoms with Crippen molar-refractivity contribution in [3.05, 3.63) is 35.7 Å². The molecule has 4 nitrogen and oxygen atoms in total. The molecule has 0 bridgehead atoms. The third kappa shape index (κ3) is 3.65. The summed E-state index contributed by atoms with van der Waals surface area (Å²) >= 11 is 1.51. The van der Waals surface area contributed by atoms with Gasteiger partial charge in [-0.1, -0.05) is 36.8 Å². The number of allylic oxidation sites excluding steroid dienone is 1. The maximum Gasteiger partial charge on any atom is 0.248 e. The Bertz CT molecular complexity index is 728. The summed E-state index contributed by atoms with van der Waals surface area (Å²) in [6.45, 7) is 9.04. The molecule has 1 heterocycles. The number of nitrogens with zero attached hydrogens (tertiary/aromatic N) is 2. The van der Waals surface area contributed by atoms with Gasteiger partial charge in [0.05, 0.1) is 11.3 Å². The number of thiazole rings is 1. The quantitative estimate of drug-likeness (QED) is 0.727. The summed E-state index contributed by atoms with van der Waals surface area (Å²) in [6, 6.07) is 5.93. The van der Waals surface area contributed by atoms with Crippen molar-refractivity contribution in [3.63, 3.8) is 0 Å². The number of hydrogen-bond donors (Lipinski definition) is 0. The van der Waals surface area contributed by atoms with Gasteiger partial charge in [-0.05, 0) is 25.5 Å². The van der Waals surface area contributed by atoms with Gasteiger partial charge in [0.25, 0.3) is 0 Å². The van der Waals surface area contributed by atoms with Crippen molar-refractivity contribution in [1.82, 2.24) is 4.57 Å². The predicted octanol–water partition coefficient (Wildman–Crippen LogP) is 3.91. The van der Waals surface area contributed by atoms with Crippen LogP contribution in [-0.4, -0.2) is 17.1 Å². The van der Waals surface area contributed by atoms with E-state index in [1.165, 1.54) is 11.3 Å². The van der Waals surface area contributed by atoms with Crippen LogP contribution < -0.4 is 9.54 Å². The molecule has 0 radical (unpaired) electrons. The van der Waals surface area contributed by atoms with Gasteiger partial charge in [0.2, 0.25) is 5.91 Å². The van der Waals surface area contributed by atoms with Crippen molar-refractivity contribution in [2.75, 3.05) is 6.61 Å². The van der Waals surface area contributed by atoms with E-state index in [0.29, 0.717) is 24.4 Å². The number of aromatic nitrogens is 1. The van der Waals surface area contributed by atoms with Gasteiger partial charge in [0, 0.05) is 13.0 Å². The van der Waals surface area contributed by atoms with Crippen LogP contribution in [0.5, 0.6) is 5.75 Å². The smallest absolute Gasteiger partial charge is 0.248 e. The molecule has 0 saturated carbocycles. The highest BCUT2D eigenvalue weighted by atomic mass is 32.1. The topological polar surface area (TPSA) is 43.6 Å². The zero-order valence-electron chi connectivity index (χ0n) is 13.2. The van der Waals surface area contributed by atoms with E-state index in [1.54, 1.807) is 0 Å². The predicted molar refractivity (Wildman–Crippen MR) is 91.3 cm³/mol. The number of fused-ring (bicyclic) bond motifs is 1. The average Bonchev–Trinajstić information content (AvgIpc) is 2.84. The maximum atomic E-state index is 12.0. The molecule has 0 fully saturated rings. The number of ether oxygens (including phenoxy) is 1. The molecule has 1 aromatic carbocycles. The summed E-state index contributed by atoms with van der Waals surface area (Å²) in [5.41, 5.74) is 0.983. The highest BCUT2D eigenvalue weighted by molar-refractivity contribution is 7.16. The number of amides is 1. The number of benzene rings is 1. The number of rotatable bonds is 7. The molecular weight excluding hydrogens is 296 g/mol. The van der Waals surface area contributed by atoms with E-state index >= 15 is 0 Å². The normalized spacial score (nSPS) is 11.8. The molecule has 0 saturated heterocycles. The van der Waals surface area contributed by atoms with Crippen molar-refractivity contribution in [1.29, 1.82) is 0 Å². The number of hydrogen-bond acceptors (Lipinski definition) is 3. The van der Waals surface area contributed by atoms with Gasteiger partial charge in [0.1, 0.15) is 11.3 Å². The van der Waals surface area contributed by atoms with E-state index in [-0.39, 0.29) is 5.91 Å². The van der Waals surface area contributed by atoms with Crippen LogP contribution in [0.3, 0.4) is 0 Å². The minimum absolute atomic E-state index is 0.0656. The van der Waals surface area contributed by atoms with Crippen LogP contribution in [-0.2, 0) is 11.3 Å². The molecule has 0 unspecified atom stereocenters. The standard InChI is InChI=1S/C17H22N2O2S/c1-4-7-11-15(20)18-17-19(12-5-2)16-13(21-6-3)9-8-10-14(16)22-17/h5,8-10H,2,4,6-7,11-12H2,1,3H3. The van der Waals surface area contributed by atoms with Gasteiger partial charge in [-0.3, -0.25) is 4.79 Å². The van der Waals surface area contributed by atoms with Crippen LogP contribution in [0.2, 0.25) is 0 Å². The van der Waals surface area contributed by atoms with Crippen molar-refractivity contribution in [2.45, 2.75) is 39.7 Å². The zero-order valence-corrected chi connectivity index (χ0v) is 14.0. The maximum absolute atomic E-state index is 12.0. The summed E-state index contributed by atoms with van der Waals surface area (Å²) in [7, 11) is 0. The molecule has 0 aliphatic carbocycles. The number of carbonyl (C=O) groups excluding carboxylic acids is 1. The van der Waals surface area contributed by atoms with Crippen molar-refractivity contribution in [2.24, 2.45) is 4.99 Å². The van der Waals surface area contributed by atoms with E-state index in [9.17, 15) is 4.79 Å². The van der Waals surface area contributed by atoms with Crippen molar-refractivity contribution in [3.8, 4) is 5.75 Å². The van der Waals surface area contributed by atoms with E-state index in [1.807, 2.05) is 35.8 Å². The van der Waals surface area contributed by atoms with Crippen LogP contribution in [0.4, 0.5) is 0 Å². The van der Waals surface area contributed by atoms with Crippen LogP contribution in [0.15, 0.2) is 35.8 Å². The number of para-hydroxylation sites is 1. The molecule has 0 spiro atoms. The molecule has 5 heteroatoms. The van der Waals surface area contributed by atoms with Gasteiger partial charge in [-0.2, -0.15) is 4.99 Å². The molecule has 2 aromatic rings. The zero-order chi connectivity index (χ0) is 15.9. The first kappa shape index (κ1) is 16.5. The van der Waals surface area contributed by atoms with Gasteiger partial charge in [0.15, 0.2) is 4.80 Å². The summed E-state index contributed by atoms with van der Waals surface area (Å²) in [4.78, 5) is 17.0. The van der Waals surface area contributed by atoms with E-state index in [4.69, 9.17) is 4.74 Å². The molecular formula is C17H22N2O2S. The Kier molecular flexibility index (Phi) is 5.95. The van der Waals surface area contributed by atoms with Crippen LogP contribution in [0, 0.1) is 0 Å². The summed E-state index contributed by atoms with van der Waals surface area (Å²) in [6.07, 6.45) is 4.18. The van der Waals surface area contributed by atoms with Crippen molar-refractivity contribution < 1.29 is 9.53 Å². The molecule has 0 aliphatic heterocycles. The minimum atomic E-state index is -0.0656. The molecule has 0 atom stereocenters. The number of carbonyl (C=O) groups is 1. The van der Waals surface area contributed by atoms with Crippen LogP contribution in [0.25, 0.3) is 10.2 Å². The fourth-order valence-corrected chi connectivity index (χ4v) is 3.32. The fraction of sp³-hybridized carbons (Fsp3) is 0.412. The summed E-state index contributed by atoms with van der Waals surface area (Å²) in [5, 5.41) is 0. The van der Waals surface area contributed by atoms with Gasteiger partial charge in [-0.15, -0.1) is 6.58 Å². The van der Waals surface area contributed by atoms with Gasteiger partial charge < -0.3 is 9.30 Å². The minimum Gasteiger partial charge on any atom is -0.492 e. The first-order chi connectivity index (χ1) is 10.7. The van der Waals surface area contributed by atoms with E-state index < -0.39 is 0 Å². The monoisotopic (exact) mass is 318 g/mol. The Morgan fingerprint density at radius 2 is 2.27 bits per heavy atom. The second-order valence-corrected chi connectivity index (χ2v) is 5.94. The Morgan fingerprint density at radius 3 is 2.95 bits per heavy atom. The third-order valence-electron chi connectivity index (χ3n) is 3.24. The summed E-state index contributed by atoms with van der Waals surface area (Å²) in [5.74, 6) is 0.754. The molecule has 0 N–H and O–H groups in total. The lowest BCUT2D eigenvalue weighted by atomic mass is 10.2. The van der Waals surface area contributed by atoms with Crippen molar-refractivity contribution >= 4 is 27.5 Å². The Balaban J connectivity index is 2.56. The molecule has 1 aromatic heterocycles. The van der Waals surface area contributed by atoms with E-state index in [0.717, 1.165) is 28.8 Å². The van der Waals surface area contributed by atoms with Crippen LogP contribution in [0.1, 0.15) is 33.1 Å². The molecule has 118 valence electrons. The SMILES string of the molecule is C=CCn1c(=NC(=O)CCCC)sc2cccc(OCC)c21. The Morgan fingerprint density at radius 1 is 1.45 bits per heavy atom. The first-order valence-electron chi connectivity index (χ1n) is 7.64. The lowest BCUT2D eigenvalue weighted by Crippen LogP contribution is -2.16. The number of unbranched alkanes of at least 4 members (excludes halogenated alkanes) is 1. The lowest BCUT2D eigenvalue weighted by molar-refractivity contribution is -0.118. The highest BCUT2D eigenvalue weighted by Gasteiger charge is 2.11. The Hall–Kier alpha value is -1.88. The molecule has 0 aliphatic rings. The lowest BCUT2D eigenvalue weighted by Gasteiger charge is -2.07. The van der Waals surface area contributed by atoms with Gasteiger partial charge in [-0.25, -0.2) is 0 Å². The second-order valence-electron chi connectivity index (χ2n) is 4.93. The van der Waals surface area contributed by atoms with E-state index in [2.05, 4.69) is 18.5 Å². The van der Waals surface area contributed by atoms with Gasteiger partial charge >= 0.3 is 0 Å². The summed E-state index contributed by atoms with van der Waals surface area (Å²) < 4.78 is 8.78.